The fraction of sp³-hybridized carbons (Fsp3) is 0.182. The highest BCUT2D eigenvalue weighted by Gasteiger charge is 2.13. The van der Waals surface area contributed by atoms with Gasteiger partial charge in [-0.25, -0.2) is 0 Å². The van der Waals surface area contributed by atoms with Crippen LogP contribution < -0.4 is 16.2 Å². The summed E-state index contributed by atoms with van der Waals surface area (Å²) in [6.07, 6.45) is 0.198. The van der Waals surface area contributed by atoms with E-state index in [1.54, 1.807) is 6.07 Å². The number of benzene rings is 4. The van der Waals surface area contributed by atoms with Crippen molar-refractivity contribution in [1.29, 1.82) is 0 Å². The van der Waals surface area contributed by atoms with Crippen LogP contribution in [0.4, 0.5) is 11.4 Å². The van der Waals surface area contributed by atoms with Crippen molar-refractivity contribution in [1.82, 2.24) is 10.3 Å². The second-order valence-electron chi connectivity index (χ2n) is 9.77. The summed E-state index contributed by atoms with van der Waals surface area (Å²) in [5, 5.41) is 18.6. The molecule has 7 heteroatoms. The smallest absolute Gasteiger partial charge is 0.248 e. The van der Waals surface area contributed by atoms with Crippen LogP contribution in [0, 0.1) is 13.8 Å². The summed E-state index contributed by atoms with van der Waals surface area (Å²) in [5.74, 6) is 0. The quantitative estimate of drug-likeness (QED) is 0.113. The van der Waals surface area contributed by atoms with E-state index in [0.717, 1.165) is 46.4 Å². The number of rotatable bonds is 9. The van der Waals surface area contributed by atoms with Crippen LogP contribution in [0.25, 0.3) is 22.0 Å². The number of nitrogens with one attached hydrogen (secondary N) is 3. The highest BCUT2D eigenvalue weighted by Crippen LogP contribution is 2.28. The highest BCUT2D eigenvalue weighted by molar-refractivity contribution is 7.92. The standard InChI is InChI=1S/C33H33N3O2.H4P2/c1-22-8-12-27(20-30(22)25-6-4-3-5-7-25)35-26-13-10-24(11-14-26)18-19-34-21-31(37)28-15-9-23(2)33-29(28)16-17-32(38)36-33;1-2/h3-17,20,31,34-35,37H,18-19,21H2,1-2H3,(H,36,38);1-2H2/t31-;/m0./s1. The van der Waals surface area contributed by atoms with E-state index >= 15 is 0 Å². The molecule has 206 valence electrons. The number of aliphatic hydroxyl groups excluding tert-OH is 1. The zero-order chi connectivity index (χ0) is 28.5. The number of pyridine rings is 1. The Balaban J connectivity index is 0.00000181. The van der Waals surface area contributed by atoms with E-state index in [4.69, 9.17) is 0 Å². The Morgan fingerprint density at radius 3 is 2.27 bits per heavy atom. The van der Waals surface area contributed by atoms with Crippen LogP contribution in [0.3, 0.4) is 0 Å². The maximum atomic E-state index is 11.7. The first-order valence-electron chi connectivity index (χ1n) is 13.3. The number of aromatic amines is 1. The summed E-state index contributed by atoms with van der Waals surface area (Å²) in [4.78, 5) is 14.6. The molecule has 0 aliphatic heterocycles. The lowest BCUT2D eigenvalue weighted by Crippen LogP contribution is -2.24. The molecule has 5 rings (SSSR count). The third-order valence-electron chi connectivity index (χ3n) is 6.99. The molecule has 5 aromatic rings. The van der Waals surface area contributed by atoms with Crippen molar-refractivity contribution in [3.8, 4) is 11.1 Å². The SMILES string of the molecule is Cc1ccc(Nc2ccc(CCNC[C@H](O)c3ccc(C)c4[nH]c(=O)ccc34)cc2)cc1-c1ccccc1.PP. The molecule has 2 unspecified atom stereocenters. The zero-order valence-electron chi connectivity index (χ0n) is 22.9. The van der Waals surface area contributed by atoms with Crippen LogP contribution in [0.1, 0.15) is 28.4 Å². The molecule has 0 aliphatic rings. The molecule has 0 amide bonds. The summed E-state index contributed by atoms with van der Waals surface area (Å²) in [6.45, 7) is 5.28. The molecule has 0 spiro atoms. The van der Waals surface area contributed by atoms with Crippen molar-refractivity contribution in [2.75, 3.05) is 18.4 Å². The molecular weight excluding hydrogens is 532 g/mol. The predicted octanol–water partition coefficient (Wildman–Crippen LogP) is 7.07. The van der Waals surface area contributed by atoms with Gasteiger partial charge in [0.1, 0.15) is 0 Å². The number of hydrogen-bond donors (Lipinski definition) is 4. The summed E-state index contributed by atoms with van der Waals surface area (Å²) in [6, 6.07) is 32.5. The van der Waals surface area contributed by atoms with Gasteiger partial charge in [0.25, 0.3) is 0 Å². The Kier molecular flexibility index (Phi) is 10.6. The molecule has 0 aliphatic carbocycles. The Bertz CT molecular complexity index is 1600. The van der Waals surface area contributed by atoms with Crippen LogP contribution in [0.15, 0.2) is 102 Å². The number of H-pyrrole nitrogens is 1. The third kappa shape index (κ3) is 7.44. The van der Waals surface area contributed by atoms with Gasteiger partial charge in [0, 0.05) is 29.4 Å². The van der Waals surface area contributed by atoms with Gasteiger partial charge < -0.3 is 20.7 Å². The maximum Gasteiger partial charge on any atom is 0.248 e. The number of fused-ring (bicyclic) bond motifs is 1. The fourth-order valence-corrected chi connectivity index (χ4v) is 4.84. The molecule has 0 fully saturated rings. The number of hydrogen-bond acceptors (Lipinski definition) is 4. The number of anilines is 2. The van der Waals surface area contributed by atoms with Gasteiger partial charge in [0.2, 0.25) is 5.56 Å². The monoisotopic (exact) mass is 569 g/mol. The molecule has 0 saturated carbocycles. The van der Waals surface area contributed by atoms with Gasteiger partial charge in [-0.2, -0.15) is 0 Å². The van der Waals surface area contributed by atoms with Crippen LogP contribution in [0.2, 0.25) is 0 Å². The van der Waals surface area contributed by atoms with Gasteiger partial charge >= 0.3 is 0 Å². The lowest BCUT2D eigenvalue weighted by Gasteiger charge is -2.16. The molecule has 1 heterocycles. The minimum absolute atomic E-state index is 0.137. The normalized spacial score (nSPS) is 11.5. The number of aryl methyl sites for hydroxylation is 2. The van der Waals surface area contributed by atoms with Crippen LogP contribution in [0.5, 0.6) is 0 Å². The average molecular weight is 570 g/mol. The van der Waals surface area contributed by atoms with E-state index in [1.165, 1.54) is 28.3 Å². The lowest BCUT2D eigenvalue weighted by molar-refractivity contribution is 0.176. The zero-order valence-corrected chi connectivity index (χ0v) is 25.3. The molecule has 3 atom stereocenters. The van der Waals surface area contributed by atoms with E-state index in [2.05, 4.69) is 107 Å². The lowest BCUT2D eigenvalue weighted by atomic mass is 10.00. The van der Waals surface area contributed by atoms with Gasteiger partial charge in [-0.3, -0.25) is 4.79 Å². The van der Waals surface area contributed by atoms with Crippen molar-refractivity contribution in [3.05, 3.63) is 130 Å². The summed E-state index contributed by atoms with van der Waals surface area (Å²) >= 11 is 0. The van der Waals surface area contributed by atoms with Crippen LogP contribution in [-0.2, 0) is 6.42 Å². The Morgan fingerprint density at radius 2 is 1.52 bits per heavy atom. The van der Waals surface area contributed by atoms with E-state index in [1.807, 2.05) is 25.1 Å². The third-order valence-corrected chi connectivity index (χ3v) is 6.99. The van der Waals surface area contributed by atoms with Crippen LogP contribution >= 0.6 is 17.9 Å². The molecule has 0 radical (unpaired) electrons. The highest BCUT2D eigenvalue weighted by atomic mass is 32.0. The first-order valence-corrected chi connectivity index (χ1v) is 16.0. The van der Waals surface area contributed by atoms with E-state index < -0.39 is 6.10 Å². The van der Waals surface area contributed by atoms with Crippen LogP contribution in [-0.4, -0.2) is 23.2 Å². The van der Waals surface area contributed by atoms with Gasteiger partial charge in [-0.15, -0.1) is 17.9 Å². The molecule has 0 bridgehead atoms. The molecule has 40 heavy (non-hydrogen) atoms. The number of aromatic nitrogens is 1. The minimum atomic E-state index is -0.661. The minimum Gasteiger partial charge on any atom is -0.387 e. The average Bonchev–Trinajstić information content (AvgIpc) is 2.99. The van der Waals surface area contributed by atoms with Crippen molar-refractivity contribution >= 4 is 40.1 Å². The second-order valence-corrected chi connectivity index (χ2v) is 9.77. The van der Waals surface area contributed by atoms with Crippen molar-refractivity contribution < 1.29 is 5.11 Å². The number of aliphatic hydroxyl groups is 1. The Labute approximate surface area is 240 Å². The van der Waals surface area contributed by atoms with Gasteiger partial charge in [0.05, 0.1) is 11.6 Å². The second kappa shape index (κ2) is 14.3. The fourth-order valence-electron chi connectivity index (χ4n) is 4.84. The Hall–Kier alpha value is -3.33. The maximum absolute atomic E-state index is 11.7. The first-order chi connectivity index (χ1) is 19.5. The van der Waals surface area contributed by atoms with Gasteiger partial charge in [-0.05, 0) is 90.5 Å². The molecular formula is C33H37N3O2P2. The van der Waals surface area contributed by atoms with Crippen molar-refractivity contribution in [2.45, 2.75) is 26.4 Å². The molecule has 1 aromatic heterocycles. The van der Waals surface area contributed by atoms with E-state index in [0.29, 0.717) is 6.54 Å². The van der Waals surface area contributed by atoms with E-state index in [9.17, 15) is 9.90 Å². The summed E-state index contributed by atoms with van der Waals surface area (Å²) < 4.78 is 0. The summed E-state index contributed by atoms with van der Waals surface area (Å²) in [7, 11) is 4.67. The van der Waals surface area contributed by atoms with Gasteiger partial charge in [-0.1, -0.05) is 60.7 Å². The molecule has 5 nitrogen and oxygen atoms in total. The largest absolute Gasteiger partial charge is 0.387 e. The molecule has 4 N–H and O–H groups in total. The predicted molar refractivity (Wildman–Crippen MR) is 177 cm³/mol. The van der Waals surface area contributed by atoms with Crippen molar-refractivity contribution in [3.63, 3.8) is 0 Å². The Morgan fingerprint density at radius 1 is 0.825 bits per heavy atom. The molecule has 0 saturated heterocycles. The molecule has 4 aromatic carbocycles. The summed E-state index contributed by atoms with van der Waals surface area (Å²) in [5.41, 5.74) is 9.47. The van der Waals surface area contributed by atoms with E-state index in [-0.39, 0.29) is 5.56 Å². The van der Waals surface area contributed by atoms with Gasteiger partial charge in [0.15, 0.2) is 0 Å². The first kappa shape index (κ1) is 29.6. The topological polar surface area (TPSA) is 77.2 Å². The van der Waals surface area contributed by atoms with Crippen molar-refractivity contribution in [2.24, 2.45) is 0 Å².